The van der Waals surface area contributed by atoms with Gasteiger partial charge in [0.1, 0.15) is 40.8 Å². The highest BCUT2D eigenvalue weighted by Crippen LogP contribution is 2.35. The highest BCUT2D eigenvalue weighted by Gasteiger charge is 2.42. The molecule has 2 aromatic carbocycles. The van der Waals surface area contributed by atoms with Crippen molar-refractivity contribution in [3.05, 3.63) is 47.2 Å². The topological polar surface area (TPSA) is 152 Å². The Morgan fingerprint density at radius 3 is 2.53 bits per heavy atom. The molecule has 0 spiro atoms. The standard InChI is InChI=1S/C29H34ClF2N7O4/c1-14(33)26(40)38-24(29(2,3)4)28(42)39-10-6-7-20(39)27(41)37-19-11-15-18(12-21(19)43-5)34-13-35-25(15)36-17-9-8-16(31)22(30)23(17)32/h8-9,11-14,20,24H,6-7,10,33H2,1-5H3,(H,37,41)(H,38,40)(H,34,35,36)/t14-,20-,24+/m0/s1. The van der Waals surface area contributed by atoms with E-state index in [1.807, 2.05) is 20.8 Å². The average molecular weight is 618 g/mol. The molecule has 0 unspecified atom stereocenters. The number of halogens is 3. The first-order valence-corrected chi connectivity index (χ1v) is 14.0. The van der Waals surface area contributed by atoms with Crippen LogP contribution >= 0.6 is 11.6 Å². The van der Waals surface area contributed by atoms with Gasteiger partial charge in [-0.25, -0.2) is 18.7 Å². The molecule has 5 N–H and O–H groups in total. The summed E-state index contributed by atoms with van der Waals surface area (Å²) >= 11 is 5.73. The molecule has 3 aromatic rings. The first-order chi connectivity index (χ1) is 20.2. The van der Waals surface area contributed by atoms with Crippen molar-refractivity contribution in [3.8, 4) is 5.75 Å². The van der Waals surface area contributed by atoms with E-state index in [4.69, 9.17) is 22.1 Å². The molecule has 11 nitrogen and oxygen atoms in total. The third-order valence-corrected chi connectivity index (χ3v) is 7.50. The van der Waals surface area contributed by atoms with Gasteiger partial charge in [0.05, 0.1) is 30.0 Å². The molecule has 1 fully saturated rings. The fourth-order valence-corrected chi connectivity index (χ4v) is 4.97. The number of fused-ring (bicyclic) bond motifs is 1. The van der Waals surface area contributed by atoms with Gasteiger partial charge in [-0.1, -0.05) is 32.4 Å². The highest BCUT2D eigenvalue weighted by molar-refractivity contribution is 6.31. The molecular formula is C29H34ClF2N7O4. The first kappa shape index (κ1) is 31.8. The van der Waals surface area contributed by atoms with E-state index in [9.17, 15) is 23.2 Å². The zero-order valence-electron chi connectivity index (χ0n) is 24.4. The number of likely N-dealkylation sites (tertiary alicyclic amines) is 1. The molecule has 43 heavy (non-hydrogen) atoms. The van der Waals surface area contributed by atoms with Gasteiger partial charge in [0, 0.05) is 18.0 Å². The lowest BCUT2D eigenvalue weighted by molar-refractivity contribution is -0.142. The summed E-state index contributed by atoms with van der Waals surface area (Å²) in [6.45, 7) is 7.32. The smallest absolute Gasteiger partial charge is 0.247 e. The van der Waals surface area contributed by atoms with E-state index in [2.05, 4.69) is 25.9 Å². The molecule has 0 aliphatic carbocycles. The number of nitrogens with zero attached hydrogens (tertiary/aromatic N) is 3. The highest BCUT2D eigenvalue weighted by atomic mass is 35.5. The lowest BCUT2D eigenvalue weighted by Crippen LogP contribution is -2.59. The number of nitrogens with two attached hydrogens (primary N) is 1. The van der Waals surface area contributed by atoms with Crippen LogP contribution < -0.4 is 26.4 Å². The molecule has 4 rings (SSSR count). The number of carbonyl (C=O) groups is 3. The maximum Gasteiger partial charge on any atom is 0.247 e. The van der Waals surface area contributed by atoms with Crippen LogP contribution in [-0.4, -0.2) is 64.4 Å². The summed E-state index contributed by atoms with van der Waals surface area (Å²) in [5, 5.41) is 8.10. The van der Waals surface area contributed by atoms with E-state index in [0.29, 0.717) is 30.3 Å². The largest absolute Gasteiger partial charge is 0.494 e. The number of rotatable bonds is 8. The normalized spacial score (nSPS) is 16.5. The Kier molecular flexibility index (Phi) is 9.35. The van der Waals surface area contributed by atoms with Gasteiger partial charge in [-0.2, -0.15) is 0 Å². The third kappa shape index (κ3) is 6.78. The van der Waals surface area contributed by atoms with Crippen LogP contribution in [0.4, 0.5) is 26.0 Å². The Bertz CT molecular complexity index is 1560. The lowest BCUT2D eigenvalue weighted by atomic mass is 9.85. The molecule has 2 heterocycles. The maximum atomic E-state index is 14.6. The van der Waals surface area contributed by atoms with Crippen LogP contribution in [-0.2, 0) is 14.4 Å². The molecule has 1 aliphatic rings. The van der Waals surface area contributed by atoms with Gasteiger partial charge < -0.3 is 31.3 Å². The summed E-state index contributed by atoms with van der Waals surface area (Å²) in [4.78, 5) is 49.6. The minimum Gasteiger partial charge on any atom is -0.494 e. The summed E-state index contributed by atoms with van der Waals surface area (Å²) in [7, 11) is 1.42. The first-order valence-electron chi connectivity index (χ1n) is 13.6. The van der Waals surface area contributed by atoms with Crippen molar-refractivity contribution in [1.82, 2.24) is 20.2 Å². The van der Waals surface area contributed by atoms with Crippen molar-refractivity contribution < 1.29 is 27.9 Å². The number of carbonyl (C=O) groups excluding carboxylic acids is 3. The Morgan fingerprint density at radius 2 is 1.88 bits per heavy atom. The number of hydrogen-bond donors (Lipinski definition) is 4. The molecular weight excluding hydrogens is 584 g/mol. The molecule has 230 valence electrons. The van der Waals surface area contributed by atoms with E-state index >= 15 is 0 Å². The molecule has 3 amide bonds. The molecule has 3 atom stereocenters. The quantitative estimate of drug-likeness (QED) is 0.276. The van der Waals surface area contributed by atoms with Crippen LogP contribution in [0.25, 0.3) is 10.9 Å². The number of methoxy groups -OCH3 is 1. The molecule has 1 aliphatic heterocycles. The average Bonchev–Trinajstić information content (AvgIpc) is 3.45. The number of anilines is 3. The predicted molar refractivity (Wildman–Crippen MR) is 159 cm³/mol. The Morgan fingerprint density at radius 1 is 1.16 bits per heavy atom. The van der Waals surface area contributed by atoms with Gasteiger partial charge in [-0.15, -0.1) is 0 Å². The summed E-state index contributed by atoms with van der Waals surface area (Å²) in [5.41, 5.74) is 5.63. The van der Waals surface area contributed by atoms with Gasteiger partial charge in [0.25, 0.3) is 0 Å². The maximum absolute atomic E-state index is 14.6. The van der Waals surface area contributed by atoms with E-state index in [-0.39, 0.29) is 28.8 Å². The van der Waals surface area contributed by atoms with Crippen LogP contribution in [0.3, 0.4) is 0 Å². The van der Waals surface area contributed by atoms with Gasteiger partial charge in [0.15, 0.2) is 5.82 Å². The van der Waals surface area contributed by atoms with Gasteiger partial charge in [-0.05, 0) is 43.4 Å². The molecule has 0 bridgehead atoms. The molecule has 1 saturated heterocycles. The number of nitrogens with one attached hydrogen (secondary N) is 3. The van der Waals surface area contributed by atoms with Crippen LogP contribution in [0.15, 0.2) is 30.6 Å². The predicted octanol–water partition coefficient (Wildman–Crippen LogP) is 4.12. The summed E-state index contributed by atoms with van der Waals surface area (Å²) in [6, 6.07) is 2.81. The van der Waals surface area contributed by atoms with Crippen LogP contribution in [0.5, 0.6) is 5.75 Å². The molecule has 0 radical (unpaired) electrons. The van der Waals surface area contributed by atoms with Crippen molar-refractivity contribution in [2.45, 2.75) is 58.7 Å². The fourth-order valence-electron chi connectivity index (χ4n) is 4.81. The third-order valence-electron chi connectivity index (χ3n) is 7.15. The van der Waals surface area contributed by atoms with E-state index in [1.54, 1.807) is 12.1 Å². The molecule has 1 aromatic heterocycles. The Labute approximate surface area is 252 Å². The zero-order chi connectivity index (χ0) is 31.6. The second-order valence-corrected chi connectivity index (χ2v) is 11.8. The number of benzene rings is 2. The van der Waals surface area contributed by atoms with Gasteiger partial charge in [-0.3, -0.25) is 14.4 Å². The zero-order valence-corrected chi connectivity index (χ0v) is 25.2. The number of hydrogen-bond acceptors (Lipinski definition) is 8. The Balaban J connectivity index is 1.63. The van der Waals surface area contributed by atoms with E-state index < -0.39 is 52.0 Å². The Hall–Kier alpha value is -4.10. The van der Waals surface area contributed by atoms with Gasteiger partial charge in [0.2, 0.25) is 17.7 Å². The second kappa shape index (κ2) is 12.6. The summed E-state index contributed by atoms with van der Waals surface area (Å²) in [5.74, 6) is -2.76. The van der Waals surface area contributed by atoms with Crippen LogP contribution in [0, 0.1) is 17.0 Å². The minimum absolute atomic E-state index is 0.113. The van der Waals surface area contributed by atoms with Crippen molar-refractivity contribution in [2.24, 2.45) is 11.1 Å². The second-order valence-electron chi connectivity index (χ2n) is 11.4. The fraction of sp³-hybridized carbons (Fsp3) is 0.414. The summed E-state index contributed by atoms with van der Waals surface area (Å²) < 4.78 is 33.8. The minimum atomic E-state index is -0.993. The number of amides is 3. The molecule has 14 heteroatoms. The van der Waals surface area contributed by atoms with Crippen molar-refractivity contribution in [2.75, 3.05) is 24.3 Å². The lowest BCUT2D eigenvalue weighted by Gasteiger charge is -2.35. The SMILES string of the molecule is COc1cc2ncnc(Nc3ccc(F)c(Cl)c3F)c2cc1NC(=O)[C@@H]1CCCN1C(=O)[C@@H](NC(=O)[C@H](C)N)C(C)(C)C. The monoisotopic (exact) mass is 617 g/mol. The number of aromatic nitrogens is 2. The van der Waals surface area contributed by atoms with Gasteiger partial charge >= 0.3 is 0 Å². The van der Waals surface area contributed by atoms with Crippen molar-refractivity contribution in [1.29, 1.82) is 0 Å². The van der Waals surface area contributed by atoms with Crippen LogP contribution in [0.1, 0.15) is 40.5 Å². The number of ether oxygens (including phenoxy) is 1. The van der Waals surface area contributed by atoms with Crippen molar-refractivity contribution >= 4 is 57.4 Å². The molecule has 0 saturated carbocycles. The van der Waals surface area contributed by atoms with E-state index in [0.717, 1.165) is 6.07 Å². The van der Waals surface area contributed by atoms with E-state index in [1.165, 1.54) is 31.3 Å². The van der Waals surface area contributed by atoms with Crippen molar-refractivity contribution in [3.63, 3.8) is 0 Å². The summed E-state index contributed by atoms with van der Waals surface area (Å²) in [6.07, 6.45) is 2.25. The van der Waals surface area contributed by atoms with Crippen LogP contribution in [0.2, 0.25) is 5.02 Å².